The summed E-state index contributed by atoms with van der Waals surface area (Å²) < 4.78 is 19.6. The molecule has 2 N–H and O–H groups in total. The standard InChI is InChI=1S/C23H22FN3O3/c1-27-13-15-9-14(17-6-4-16(30-2)10-20(17)24)3-5-18(15)22(27)12-26-21-11-25-8-7-19(21)23(28)29/h3-11,22,26H,12-13H2,1-2H3,(H,28,29)/t22-/m0/s1. The average molecular weight is 407 g/mol. The fourth-order valence-electron chi connectivity index (χ4n) is 3.90. The molecule has 0 unspecified atom stereocenters. The first-order chi connectivity index (χ1) is 14.5. The van der Waals surface area contributed by atoms with Crippen LogP contribution >= 0.6 is 0 Å². The zero-order chi connectivity index (χ0) is 21.3. The first kappa shape index (κ1) is 19.8. The largest absolute Gasteiger partial charge is 0.497 e. The van der Waals surface area contributed by atoms with E-state index < -0.39 is 5.97 Å². The van der Waals surface area contributed by atoms with Gasteiger partial charge >= 0.3 is 5.97 Å². The lowest BCUT2D eigenvalue weighted by Crippen LogP contribution is -2.24. The lowest BCUT2D eigenvalue weighted by molar-refractivity contribution is 0.0697. The Labute approximate surface area is 173 Å². The van der Waals surface area contributed by atoms with Crippen LogP contribution in [0, 0.1) is 5.82 Å². The summed E-state index contributed by atoms with van der Waals surface area (Å²) >= 11 is 0. The number of halogens is 1. The Balaban J connectivity index is 1.57. The van der Waals surface area contributed by atoms with E-state index in [4.69, 9.17) is 4.74 Å². The molecule has 154 valence electrons. The third kappa shape index (κ3) is 3.71. The van der Waals surface area contributed by atoms with Crippen LogP contribution in [-0.4, -0.2) is 41.7 Å². The number of likely N-dealkylation sites (N-methyl/N-ethyl adjacent to an activating group) is 1. The van der Waals surface area contributed by atoms with Gasteiger partial charge < -0.3 is 15.2 Å². The van der Waals surface area contributed by atoms with Crippen molar-refractivity contribution in [3.63, 3.8) is 0 Å². The van der Waals surface area contributed by atoms with Gasteiger partial charge in [-0.25, -0.2) is 9.18 Å². The molecule has 2 aromatic carbocycles. The van der Waals surface area contributed by atoms with E-state index in [1.165, 1.54) is 31.6 Å². The van der Waals surface area contributed by atoms with Crippen molar-refractivity contribution >= 4 is 11.7 Å². The summed E-state index contributed by atoms with van der Waals surface area (Å²) in [5.41, 5.74) is 4.30. The van der Waals surface area contributed by atoms with Gasteiger partial charge in [-0.2, -0.15) is 0 Å². The van der Waals surface area contributed by atoms with E-state index in [0.29, 0.717) is 23.5 Å². The first-order valence-corrected chi connectivity index (χ1v) is 9.56. The summed E-state index contributed by atoms with van der Waals surface area (Å²) in [5.74, 6) is -0.831. The summed E-state index contributed by atoms with van der Waals surface area (Å²) in [6, 6.07) is 12.4. The second-order valence-corrected chi connectivity index (χ2v) is 7.30. The van der Waals surface area contributed by atoms with Gasteiger partial charge in [-0.15, -0.1) is 0 Å². The van der Waals surface area contributed by atoms with Gasteiger partial charge in [0.2, 0.25) is 0 Å². The lowest BCUT2D eigenvalue weighted by atomic mass is 9.97. The Bertz CT molecular complexity index is 1100. The SMILES string of the molecule is COc1ccc(-c2ccc3c(c2)CN(C)[C@H]3CNc2cnccc2C(=O)O)c(F)c1. The Morgan fingerprint density at radius 2 is 2.13 bits per heavy atom. The fourth-order valence-corrected chi connectivity index (χ4v) is 3.90. The number of fused-ring (bicyclic) bond motifs is 1. The molecule has 0 spiro atoms. The number of carbonyl (C=O) groups is 1. The van der Waals surface area contributed by atoms with E-state index >= 15 is 0 Å². The maximum atomic E-state index is 14.5. The summed E-state index contributed by atoms with van der Waals surface area (Å²) in [7, 11) is 3.53. The van der Waals surface area contributed by atoms with Crippen molar-refractivity contribution in [2.45, 2.75) is 12.6 Å². The number of ether oxygens (including phenoxy) is 1. The van der Waals surface area contributed by atoms with Crippen LogP contribution in [0.25, 0.3) is 11.1 Å². The number of methoxy groups -OCH3 is 1. The number of benzene rings is 2. The highest BCUT2D eigenvalue weighted by Crippen LogP contribution is 2.36. The van der Waals surface area contributed by atoms with Gasteiger partial charge in [0.15, 0.2) is 0 Å². The fraction of sp³-hybridized carbons (Fsp3) is 0.217. The van der Waals surface area contributed by atoms with E-state index in [1.54, 1.807) is 12.1 Å². The summed E-state index contributed by atoms with van der Waals surface area (Å²) in [6.45, 7) is 1.26. The first-order valence-electron chi connectivity index (χ1n) is 9.56. The minimum atomic E-state index is -0.994. The zero-order valence-corrected chi connectivity index (χ0v) is 16.7. The number of aromatic nitrogens is 1. The maximum Gasteiger partial charge on any atom is 0.337 e. The van der Waals surface area contributed by atoms with Crippen LogP contribution in [0.2, 0.25) is 0 Å². The van der Waals surface area contributed by atoms with Gasteiger partial charge in [0.1, 0.15) is 11.6 Å². The number of aromatic carboxylic acids is 1. The minimum Gasteiger partial charge on any atom is -0.497 e. The van der Waals surface area contributed by atoms with Crippen molar-refractivity contribution in [2.75, 3.05) is 26.0 Å². The van der Waals surface area contributed by atoms with Crippen molar-refractivity contribution in [3.8, 4) is 16.9 Å². The number of pyridine rings is 1. The minimum absolute atomic E-state index is 0.0663. The molecule has 2 heterocycles. The highest BCUT2D eigenvalue weighted by Gasteiger charge is 2.28. The Morgan fingerprint density at radius 1 is 1.30 bits per heavy atom. The van der Waals surface area contributed by atoms with Gasteiger partial charge in [-0.1, -0.05) is 12.1 Å². The number of hydrogen-bond acceptors (Lipinski definition) is 5. The molecule has 4 rings (SSSR count). The molecule has 30 heavy (non-hydrogen) atoms. The van der Waals surface area contributed by atoms with Crippen molar-refractivity contribution in [3.05, 3.63) is 77.4 Å². The van der Waals surface area contributed by atoms with Gasteiger partial charge in [0, 0.05) is 30.9 Å². The molecule has 0 radical (unpaired) electrons. The van der Waals surface area contributed by atoms with Gasteiger partial charge in [-0.3, -0.25) is 9.88 Å². The van der Waals surface area contributed by atoms with E-state index in [-0.39, 0.29) is 17.4 Å². The van der Waals surface area contributed by atoms with E-state index in [9.17, 15) is 14.3 Å². The number of nitrogens with one attached hydrogen (secondary N) is 1. The molecule has 3 aromatic rings. The smallest absolute Gasteiger partial charge is 0.337 e. The molecule has 6 nitrogen and oxygen atoms in total. The zero-order valence-electron chi connectivity index (χ0n) is 16.7. The van der Waals surface area contributed by atoms with E-state index in [1.807, 2.05) is 25.2 Å². The van der Waals surface area contributed by atoms with Gasteiger partial charge in [-0.05, 0) is 48.0 Å². The Hall–Kier alpha value is -3.45. The summed E-state index contributed by atoms with van der Waals surface area (Å²) in [6.07, 6.45) is 2.99. The van der Waals surface area contributed by atoms with Crippen molar-refractivity contribution in [2.24, 2.45) is 0 Å². The summed E-state index contributed by atoms with van der Waals surface area (Å²) in [4.78, 5) is 17.6. The number of carboxylic acids is 1. The maximum absolute atomic E-state index is 14.5. The molecule has 0 aliphatic carbocycles. The topological polar surface area (TPSA) is 74.7 Å². The van der Waals surface area contributed by atoms with Crippen molar-refractivity contribution in [1.82, 2.24) is 9.88 Å². The number of hydrogen-bond donors (Lipinski definition) is 2. The van der Waals surface area contributed by atoms with Crippen molar-refractivity contribution < 1.29 is 19.0 Å². The van der Waals surface area contributed by atoms with Crippen LogP contribution in [-0.2, 0) is 6.54 Å². The highest BCUT2D eigenvalue weighted by atomic mass is 19.1. The van der Waals surface area contributed by atoms with Crippen molar-refractivity contribution in [1.29, 1.82) is 0 Å². The van der Waals surface area contributed by atoms with Crippen LogP contribution in [0.5, 0.6) is 5.75 Å². The number of rotatable bonds is 6. The van der Waals surface area contributed by atoms with Crippen LogP contribution in [0.15, 0.2) is 54.9 Å². The second kappa shape index (κ2) is 8.12. The number of carboxylic acid groups (broad SMARTS) is 1. The summed E-state index contributed by atoms with van der Waals surface area (Å²) in [5, 5.41) is 12.6. The van der Waals surface area contributed by atoms with Crippen LogP contribution in [0.4, 0.5) is 10.1 Å². The van der Waals surface area contributed by atoms with Gasteiger partial charge in [0.25, 0.3) is 0 Å². The molecule has 0 saturated heterocycles. The quantitative estimate of drug-likeness (QED) is 0.638. The highest BCUT2D eigenvalue weighted by molar-refractivity contribution is 5.93. The predicted octanol–water partition coefficient (Wildman–Crippen LogP) is 4.19. The molecular weight excluding hydrogens is 385 g/mol. The molecule has 1 aliphatic heterocycles. The molecule has 7 heteroatoms. The third-order valence-electron chi connectivity index (χ3n) is 5.48. The molecule has 1 aromatic heterocycles. The molecule has 1 atom stereocenters. The van der Waals surface area contributed by atoms with Crippen LogP contribution < -0.4 is 10.1 Å². The molecule has 0 fully saturated rings. The number of anilines is 1. The average Bonchev–Trinajstić information content (AvgIpc) is 3.06. The van der Waals surface area contributed by atoms with Gasteiger partial charge in [0.05, 0.1) is 30.6 Å². The van der Waals surface area contributed by atoms with E-state index in [2.05, 4.69) is 15.2 Å². The van der Waals surface area contributed by atoms with Crippen LogP contribution in [0.1, 0.15) is 27.5 Å². The lowest BCUT2D eigenvalue weighted by Gasteiger charge is -2.22. The molecular formula is C23H22FN3O3. The third-order valence-corrected chi connectivity index (χ3v) is 5.48. The molecule has 0 bridgehead atoms. The number of nitrogens with zero attached hydrogens (tertiary/aromatic N) is 2. The molecule has 1 aliphatic rings. The molecule has 0 saturated carbocycles. The second-order valence-electron chi connectivity index (χ2n) is 7.30. The normalized spacial score (nSPS) is 15.6. The Kier molecular flexibility index (Phi) is 5.37. The predicted molar refractivity (Wildman–Crippen MR) is 112 cm³/mol. The Morgan fingerprint density at radius 3 is 2.87 bits per heavy atom. The van der Waals surface area contributed by atoms with E-state index in [0.717, 1.165) is 23.2 Å². The van der Waals surface area contributed by atoms with Crippen LogP contribution in [0.3, 0.4) is 0 Å². The monoisotopic (exact) mass is 407 g/mol. The molecule has 0 amide bonds.